The van der Waals surface area contributed by atoms with E-state index in [2.05, 4.69) is 9.97 Å². The molecule has 1 saturated heterocycles. The zero-order valence-corrected chi connectivity index (χ0v) is 15.7. The van der Waals surface area contributed by atoms with E-state index < -0.39 is 0 Å². The van der Waals surface area contributed by atoms with Crippen molar-refractivity contribution >= 4 is 11.6 Å². The molecule has 1 amide bonds. The topological polar surface area (TPSA) is 72.1 Å². The number of aromatic nitrogens is 2. The summed E-state index contributed by atoms with van der Waals surface area (Å²) in [6, 6.07) is 12.6. The summed E-state index contributed by atoms with van der Waals surface area (Å²) < 4.78 is 26.1. The molecule has 29 heavy (non-hydrogen) atoms. The molecule has 1 aromatic carbocycles. The Morgan fingerprint density at radius 1 is 1.03 bits per heavy atom. The zero-order chi connectivity index (χ0) is 20.4. The van der Waals surface area contributed by atoms with Gasteiger partial charge in [0.05, 0.1) is 29.7 Å². The molecular weight excluding hydrogens is 374 g/mol. The smallest absolute Gasteiger partial charge is 0.228 e. The molecule has 0 aliphatic carbocycles. The molecule has 0 radical (unpaired) electrons. The van der Waals surface area contributed by atoms with Crippen molar-refractivity contribution in [2.75, 3.05) is 18.8 Å². The van der Waals surface area contributed by atoms with Crippen molar-refractivity contribution in [1.29, 1.82) is 0 Å². The van der Waals surface area contributed by atoms with Crippen LogP contribution in [0.15, 0.2) is 54.7 Å². The number of halogens is 2. The number of pyridine rings is 2. The molecule has 1 aliphatic heterocycles. The predicted molar refractivity (Wildman–Crippen MR) is 106 cm³/mol. The lowest BCUT2D eigenvalue weighted by Gasteiger charge is -2.39. The molecule has 4 rings (SSSR count). The first-order chi connectivity index (χ1) is 14.0. The van der Waals surface area contributed by atoms with Gasteiger partial charge in [-0.3, -0.25) is 14.8 Å². The number of carbonyl (C=O) groups excluding carboxylic acids is 1. The lowest BCUT2D eigenvalue weighted by Crippen LogP contribution is -2.51. The van der Waals surface area contributed by atoms with Crippen LogP contribution in [0, 0.1) is 17.6 Å². The Morgan fingerprint density at radius 2 is 1.76 bits per heavy atom. The molecule has 2 N–H and O–H groups in total. The van der Waals surface area contributed by atoms with E-state index in [1.807, 2.05) is 0 Å². The quantitative estimate of drug-likeness (QED) is 0.721. The molecule has 0 atom stereocenters. The van der Waals surface area contributed by atoms with Crippen molar-refractivity contribution in [2.45, 2.75) is 12.8 Å². The minimum Gasteiger partial charge on any atom is -0.397 e. The van der Waals surface area contributed by atoms with Crippen LogP contribution in [0.25, 0.3) is 11.3 Å². The van der Waals surface area contributed by atoms with Gasteiger partial charge in [-0.05, 0) is 60.9 Å². The summed E-state index contributed by atoms with van der Waals surface area (Å²) in [7, 11) is 0. The number of hydrogen-bond acceptors (Lipinski definition) is 4. The van der Waals surface area contributed by atoms with Gasteiger partial charge >= 0.3 is 0 Å². The number of nitrogen functional groups attached to an aromatic ring is 1. The van der Waals surface area contributed by atoms with Gasteiger partial charge in [-0.15, -0.1) is 0 Å². The highest BCUT2D eigenvalue weighted by molar-refractivity contribution is 5.81. The van der Waals surface area contributed by atoms with E-state index in [-0.39, 0.29) is 24.0 Å². The number of likely N-dealkylation sites (tertiary alicyclic amines) is 1. The van der Waals surface area contributed by atoms with Crippen LogP contribution in [0.2, 0.25) is 0 Å². The summed E-state index contributed by atoms with van der Waals surface area (Å²) in [5.41, 5.74) is 9.20. The Morgan fingerprint density at radius 3 is 2.45 bits per heavy atom. The largest absolute Gasteiger partial charge is 0.397 e. The van der Waals surface area contributed by atoms with Gasteiger partial charge in [0, 0.05) is 24.3 Å². The molecule has 0 bridgehead atoms. The molecule has 1 fully saturated rings. The molecule has 0 spiro atoms. The van der Waals surface area contributed by atoms with Gasteiger partial charge in [-0.1, -0.05) is 0 Å². The fraction of sp³-hybridized carbons (Fsp3) is 0.227. The lowest BCUT2D eigenvalue weighted by molar-refractivity contribution is -0.136. The zero-order valence-electron chi connectivity index (χ0n) is 15.7. The standard InChI is InChI=1S/C22H20F2N4O/c23-16-3-1-15(2-4-16)20-8-7-19(25)21(27-20)10-22(29)28-12-14(13-28)9-18-6-5-17(24)11-26-18/h1-8,11,14H,9-10,12-13,25H2. The molecule has 3 aromatic rings. The van der Waals surface area contributed by atoms with Crippen molar-refractivity contribution < 1.29 is 13.6 Å². The van der Waals surface area contributed by atoms with Crippen LogP contribution in [0.1, 0.15) is 11.4 Å². The van der Waals surface area contributed by atoms with Crippen LogP contribution in [-0.4, -0.2) is 33.9 Å². The van der Waals surface area contributed by atoms with E-state index in [4.69, 9.17) is 5.73 Å². The highest BCUT2D eigenvalue weighted by atomic mass is 19.1. The van der Waals surface area contributed by atoms with Crippen LogP contribution in [-0.2, 0) is 17.6 Å². The average Bonchev–Trinajstić information content (AvgIpc) is 2.68. The van der Waals surface area contributed by atoms with Crippen LogP contribution < -0.4 is 5.73 Å². The number of amides is 1. The fourth-order valence-corrected chi connectivity index (χ4v) is 3.42. The first-order valence-corrected chi connectivity index (χ1v) is 9.37. The maximum Gasteiger partial charge on any atom is 0.228 e. The van der Waals surface area contributed by atoms with Crippen LogP contribution in [0.3, 0.4) is 0 Å². The Labute approximate surface area is 167 Å². The normalized spacial score (nSPS) is 13.9. The van der Waals surface area contributed by atoms with Crippen LogP contribution in [0.4, 0.5) is 14.5 Å². The van der Waals surface area contributed by atoms with E-state index in [0.29, 0.717) is 42.5 Å². The molecule has 1 aliphatic rings. The summed E-state index contributed by atoms with van der Waals surface area (Å²) in [5, 5.41) is 0. The van der Waals surface area contributed by atoms with Crippen LogP contribution >= 0.6 is 0 Å². The Hall–Kier alpha value is -3.35. The fourth-order valence-electron chi connectivity index (χ4n) is 3.42. The lowest BCUT2D eigenvalue weighted by atomic mass is 9.94. The summed E-state index contributed by atoms with van der Waals surface area (Å²) >= 11 is 0. The van der Waals surface area contributed by atoms with Crippen molar-refractivity contribution in [3.63, 3.8) is 0 Å². The van der Waals surface area contributed by atoms with Gasteiger partial charge in [0.2, 0.25) is 5.91 Å². The van der Waals surface area contributed by atoms with Gasteiger partial charge in [0.15, 0.2) is 0 Å². The Balaban J connectivity index is 1.37. The first-order valence-electron chi connectivity index (χ1n) is 9.37. The third-order valence-corrected chi connectivity index (χ3v) is 5.06. The highest BCUT2D eigenvalue weighted by Crippen LogP contribution is 2.24. The van der Waals surface area contributed by atoms with Crippen molar-refractivity contribution in [3.8, 4) is 11.3 Å². The number of anilines is 1. The summed E-state index contributed by atoms with van der Waals surface area (Å²) in [6.45, 7) is 1.27. The maximum absolute atomic E-state index is 13.1. The minimum absolute atomic E-state index is 0.0382. The number of nitrogens with zero attached hydrogens (tertiary/aromatic N) is 3. The summed E-state index contributed by atoms with van der Waals surface area (Å²) in [6.07, 6.45) is 2.03. The molecule has 148 valence electrons. The third-order valence-electron chi connectivity index (χ3n) is 5.06. The minimum atomic E-state index is -0.355. The number of carbonyl (C=O) groups is 1. The Bertz CT molecular complexity index is 1020. The highest BCUT2D eigenvalue weighted by Gasteiger charge is 2.31. The second-order valence-electron chi connectivity index (χ2n) is 7.25. The Kier molecular flexibility index (Phi) is 5.20. The molecule has 2 aromatic heterocycles. The SMILES string of the molecule is Nc1ccc(-c2ccc(F)cc2)nc1CC(=O)N1CC(Cc2ccc(F)cn2)C1. The van der Waals surface area contributed by atoms with Crippen LogP contribution in [0.5, 0.6) is 0 Å². The monoisotopic (exact) mass is 394 g/mol. The number of hydrogen-bond donors (Lipinski definition) is 1. The van der Waals surface area contributed by atoms with Gasteiger partial charge in [0.25, 0.3) is 0 Å². The van der Waals surface area contributed by atoms with E-state index in [1.165, 1.54) is 24.4 Å². The van der Waals surface area contributed by atoms with Crippen molar-refractivity contribution in [3.05, 3.63) is 77.8 Å². The van der Waals surface area contributed by atoms with Gasteiger partial charge < -0.3 is 10.6 Å². The van der Waals surface area contributed by atoms with Gasteiger partial charge in [-0.25, -0.2) is 8.78 Å². The molecular formula is C22H20F2N4O. The summed E-state index contributed by atoms with van der Waals surface area (Å²) in [5.74, 6) is -0.397. The number of rotatable bonds is 5. The van der Waals surface area contributed by atoms with Crippen molar-refractivity contribution in [2.24, 2.45) is 5.92 Å². The maximum atomic E-state index is 13.1. The molecule has 0 saturated carbocycles. The van der Waals surface area contributed by atoms with Gasteiger partial charge in [0.1, 0.15) is 11.6 Å². The third kappa shape index (κ3) is 4.39. The van der Waals surface area contributed by atoms with Crippen molar-refractivity contribution in [1.82, 2.24) is 14.9 Å². The number of nitrogens with two attached hydrogens (primary N) is 1. The predicted octanol–water partition coefficient (Wildman–Crippen LogP) is 3.25. The second kappa shape index (κ2) is 7.95. The van der Waals surface area contributed by atoms with E-state index in [0.717, 1.165) is 11.3 Å². The van der Waals surface area contributed by atoms with E-state index in [1.54, 1.807) is 35.2 Å². The van der Waals surface area contributed by atoms with E-state index in [9.17, 15) is 13.6 Å². The molecule has 7 heteroatoms. The second-order valence-corrected chi connectivity index (χ2v) is 7.25. The summed E-state index contributed by atoms with van der Waals surface area (Å²) in [4.78, 5) is 22.9. The molecule has 3 heterocycles. The first kappa shape index (κ1) is 19.0. The van der Waals surface area contributed by atoms with E-state index >= 15 is 0 Å². The van der Waals surface area contributed by atoms with Gasteiger partial charge in [-0.2, -0.15) is 0 Å². The molecule has 5 nitrogen and oxygen atoms in total. The average molecular weight is 394 g/mol. The number of benzene rings is 1. The molecule has 0 unspecified atom stereocenters.